The molecule has 0 aliphatic carbocycles. The number of pyridine rings is 1. The van der Waals surface area contributed by atoms with Crippen molar-refractivity contribution in [2.24, 2.45) is 0 Å². The zero-order valence-electron chi connectivity index (χ0n) is 21.2. The molecule has 3 heterocycles. The number of amides is 1. The number of aryl methyl sites for hydroxylation is 1. The van der Waals surface area contributed by atoms with E-state index in [1.54, 1.807) is 21.0 Å². The van der Waals surface area contributed by atoms with Gasteiger partial charge < -0.3 is 9.80 Å². The highest BCUT2D eigenvalue weighted by atomic mass is 32.2. The van der Waals surface area contributed by atoms with Crippen molar-refractivity contribution < 1.29 is 13.2 Å². The zero-order chi connectivity index (χ0) is 25.3. The van der Waals surface area contributed by atoms with Gasteiger partial charge in [-0.15, -0.1) is 0 Å². The van der Waals surface area contributed by atoms with Gasteiger partial charge in [-0.1, -0.05) is 0 Å². The number of nitrogens with zero attached hydrogens (tertiary/aromatic N) is 5. The minimum Gasteiger partial charge on any atom is -0.378 e. The third-order valence-corrected chi connectivity index (χ3v) is 8.93. The lowest BCUT2D eigenvalue weighted by atomic mass is 9.90. The highest BCUT2D eigenvalue weighted by Crippen LogP contribution is 2.32. The van der Waals surface area contributed by atoms with Crippen molar-refractivity contribution in [1.29, 1.82) is 0 Å². The highest BCUT2D eigenvalue weighted by Gasteiger charge is 2.30. The monoisotopic (exact) mass is 497 g/mol. The topological polar surface area (TPSA) is 78.2 Å². The molecule has 3 aromatic rings. The molecule has 9 heteroatoms. The predicted octanol–water partition coefficient (Wildman–Crippen LogP) is 3.76. The summed E-state index contributed by atoms with van der Waals surface area (Å²) in [7, 11) is 0.336. The van der Waals surface area contributed by atoms with Crippen LogP contribution in [-0.4, -0.2) is 73.4 Å². The van der Waals surface area contributed by atoms with Crippen molar-refractivity contribution in [3.63, 3.8) is 0 Å². The number of hydrogen-bond acceptors (Lipinski definition) is 5. The van der Waals surface area contributed by atoms with Crippen molar-refractivity contribution >= 4 is 27.1 Å². The van der Waals surface area contributed by atoms with Crippen LogP contribution < -0.4 is 4.90 Å². The van der Waals surface area contributed by atoms with Gasteiger partial charge >= 0.3 is 0 Å². The normalized spacial score (nSPS) is 15.5. The standard InChI is InChI=1S/C26H35N5O3S/c1-6-29(7-2)26(32)25-19(3)27-31-17-14-21(18-24(25)31)20-12-15-30(16-13-20)35(33,34)23-10-8-22(9-11-23)28(4)5/h8-11,14,17-18,20H,6-7,12-13,15-16H2,1-5H3. The molecule has 188 valence electrons. The zero-order valence-corrected chi connectivity index (χ0v) is 22.0. The lowest BCUT2D eigenvalue weighted by Crippen LogP contribution is -2.37. The Labute approximate surface area is 208 Å². The summed E-state index contributed by atoms with van der Waals surface area (Å²) < 4.78 is 29.7. The molecule has 0 atom stereocenters. The molecule has 1 saturated heterocycles. The smallest absolute Gasteiger partial charge is 0.257 e. The molecule has 1 aliphatic rings. The van der Waals surface area contributed by atoms with Crippen LogP contribution in [0.5, 0.6) is 0 Å². The van der Waals surface area contributed by atoms with E-state index < -0.39 is 10.0 Å². The fraction of sp³-hybridized carbons (Fsp3) is 0.462. The van der Waals surface area contributed by atoms with Crippen molar-refractivity contribution in [1.82, 2.24) is 18.8 Å². The number of anilines is 1. The summed E-state index contributed by atoms with van der Waals surface area (Å²) in [5.41, 5.74) is 4.27. The van der Waals surface area contributed by atoms with E-state index in [1.807, 2.05) is 69.1 Å². The van der Waals surface area contributed by atoms with E-state index in [-0.39, 0.29) is 11.8 Å². The van der Waals surface area contributed by atoms with Crippen LogP contribution in [0.25, 0.3) is 5.52 Å². The van der Waals surface area contributed by atoms with E-state index in [4.69, 9.17) is 0 Å². The summed E-state index contributed by atoms with van der Waals surface area (Å²) in [6, 6.07) is 11.1. The van der Waals surface area contributed by atoms with E-state index in [0.29, 0.717) is 36.6 Å². The van der Waals surface area contributed by atoms with Gasteiger partial charge in [-0.25, -0.2) is 12.9 Å². The van der Waals surface area contributed by atoms with Crippen molar-refractivity contribution in [3.8, 4) is 0 Å². The van der Waals surface area contributed by atoms with Crippen LogP contribution >= 0.6 is 0 Å². The van der Waals surface area contributed by atoms with Crippen LogP contribution in [0.1, 0.15) is 54.2 Å². The van der Waals surface area contributed by atoms with Gasteiger partial charge in [0.1, 0.15) is 0 Å². The van der Waals surface area contributed by atoms with Crippen molar-refractivity contribution in [2.45, 2.75) is 44.4 Å². The summed E-state index contributed by atoms with van der Waals surface area (Å²) in [4.78, 5) is 17.2. The Morgan fingerprint density at radius 2 is 1.69 bits per heavy atom. The molecule has 1 fully saturated rings. The third-order valence-electron chi connectivity index (χ3n) is 7.01. The lowest BCUT2D eigenvalue weighted by molar-refractivity contribution is 0.0774. The molecule has 0 saturated carbocycles. The summed E-state index contributed by atoms with van der Waals surface area (Å²) >= 11 is 0. The maximum Gasteiger partial charge on any atom is 0.257 e. The van der Waals surface area contributed by atoms with Crippen LogP contribution in [-0.2, 0) is 10.0 Å². The van der Waals surface area contributed by atoms with E-state index in [1.165, 1.54) is 0 Å². The number of benzene rings is 1. The molecule has 1 amide bonds. The van der Waals surface area contributed by atoms with Gasteiger partial charge in [-0.05, 0) is 81.5 Å². The number of hydrogen-bond donors (Lipinski definition) is 0. The second-order valence-electron chi connectivity index (χ2n) is 9.29. The molecule has 0 spiro atoms. The summed E-state index contributed by atoms with van der Waals surface area (Å²) in [5, 5.41) is 4.54. The maximum atomic E-state index is 13.2. The van der Waals surface area contributed by atoms with Gasteiger partial charge in [0.2, 0.25) is 10.0 Å². The fourth-order valence-electron chi connectivity index (χ4n) is 4.86. The number of carbonyl (C=O) groups excluding carboxylic acids is 1. The molecule has 1 aliphatic heterocycles. The number of piperidine rings is 1. The van der Waals surface area contributed by atoms with E-state index in [9.17, 15) is 13.2 Å². The fourth-order valence-corrected chi connectivity index (χ4v) is 6.33. The maximum absolute atomic E-state index is 13.2. The highest BCUT2D eigenvalue weighted by molar-refractivity contribution is 7.89. The molecular formula is C26H35N5O3S. The number of sulfonamides is 1. The average molecular weight is 498 g/mol. The van der Waals surface area contributed by atoms with Crippen LogP contribution in [0, 0.1) is 6.92 Å². The molecule has 4 rings (SSSR count). The van der Waals surface area contributed by atoms with Crippen LogP contribution in [0.4, 0.5) is 5.69 Å². The summed E-state index contributed by atoms with van der Waals surface area (Å²) in [5.74, 6) is 0.232. The van der Waals surface area contributed by atoms with Gasteiger partial charge in [-0.3, -0.25) is 4.79 Å². The van der Waals surface area contributed by atoms with E-state index in [2.05, 4.69) is 11.2 Å². The minimum absolute atomic E-state index is 0.000785. The molecule has 8 nitrogen and oxygen atoms in total. The second-order valence-corrected chi connectivity index (χ2v) is 11.2. The van der Waals surface area contributed by atoms with Crippen LogP contribution in [0.15, 0.2) is 47.5 Å². The van der Waals surface area contributed by atoms with Crippen LogP contribution in [0.2, 0.25) is 0 Å². The molecule has 1 aromatic carbocycles. The number of aromatic nitrogens is 2. The van der Waals surface area contributed by atoms with E-state index in [0.717, 1.165) is 35.3 Å². The van der Waals surface area contributed by atoms with Crippen molar-refractivity contribution in [2.75, 3.05) is 45.2 Å². The Morgan fingerprint density at radius 3 is 2.26 bits per heavy atom. The first kappa shape index (κ1) is 25.2. The molecule has 35 heavy (non-hydrogen) atoms. The Bertz CT molecular complexity index is 1300. The summed E-state index contributed by atoms with van der Waals surface area (Å²) in [6.45, 7) is 8.07. The molecule has 0 radical (unpaired) electrons. The Balaban J connectivity index is 1.53. The second kappa shape index (κ2) is 9.99. The Morgan fingerprint density at radius 1 is 1.06 bits per heavy atom. The largest absolute Gasteiger partial charge is 0.378 e. The molecule has 0 N–H and O–H groups in total. The summed E-state index contributed by atoms with van der Waals surface area (Å²) in [6.07, 6.45) is 3.38. The number of fused-ring (bicyclic) bond motifs is 1. The van der Waals surface area contributed by atoms with Gasteiger partial charge in [0.25, 0.3) is 5.91 Å². The Kier molecular flexibility index (Phi) is 7.19. The Hall–Kier alpha value is -2.91. The first-order chi connectivity index (χ1) is 16.7. The van der Waals surface area contributed by atoms with Gasteiger partial charge in [-0.2, -0.15) is 9.40 Å². The molecule has 0 unspecified atom stereocenters. The quantitative estimate of drug-likeness (QED) is 0.497. The number of carbonyl (C=O) groups is 1. The predicted molar refractivity (Wildman–Crippen MR) is 139 cm³/mol. The number of rotatable bonds is 7. The van der Waals surface area contributed by atoms with Gasteiger partial charge in [0.15, 0.2) is 0 Å². The van der Waals surface area contributed by atoms with Gasteiger partial charge in [0, 0.05) is 52.2 Å². The average Bonchev–Trinajstić information content (AvgIpc) is 3.19. The van der Waals surface area contributed by atoms with E-state index >= 15 is 0 Å². The molecule has 2 aromatic heterocycles. The first-order valence-electron chi connectivity index (χ1n) is 12.2. The molecule has 0 bridgehead atoms. The van der Waals surface area contributed by atoms with Crippen LogP contribution in [0.3, 0.4) is 0 Å². The lowest BCUT2D eigenvalue weighted by Gasteiger charge is -2.31. The minimum atomic E-state index is -3.52. The first-order valence-corrected chi connectivity index (χ1v) is 13.7. The SMILES string of the molecule is CCN(CC)C(=O)c1c(C)nn2ccc(C3CCN(S(=O)(=O)c4ccc(N(C)C)cc4)CC3)cc12. The van der Waals surface area contributed by atoms with Crippen molar-refractivity contribution in [3.05, 3.63) is 59.4 Å². The molecular weight excluding hydrogens is 462 g/mol. The third kappa shape index (κ3) is 4.79. The van der Waals surface area contributed by atoms with Gasteiger partial charge in [0.05, 0.1) is 21.7 Å².